The minimum atomic E-state index is -0.266. The molecule has 0 N–H and O–H groups in total. The Morgan fingerprint density at radius 1 is 1.33 bits per heavy atom. The highest BCUT2D eigenvalue weighted by molar-refractivity contribution is 5.80. The third kappa shape index (κ3) is 2.02. The number of aldehydes is 1. The number of carbonyl (C=O) groups excluding carboxylic acids is 1. The second-order valence-electron chi connectivity index (χ2n) is 2.49. The van der Waals surface area contributed by atoms with Crippen molar-refractivity contribution in [2.24, 2.45) is 0 Å². The molecule has 1 aromatic rings. The van der Waals surface area contributed by atoms with E-state index in [2.05, 4.69) is 0 Å². The number of allylic oxidation sites excluding steroid dienone is 2. The molecule has 12 heavy (non-hydrogen) atoms. The Morgan fingerprint density at radius 3 is 2.42 bits per heavy atom. The second-order valence-corrected chi connectivity index (χ2v) is 2.49. The van der Waals surface area contributed by atoms with E-state index in [4.69, 9.17) is 0 Å². The third-order valence-electron chi connectivity index (χ3n) is 1.62. The average molecular weight is 164 g/mol. The number of halogens is 1. The van der Waals surface area contributed by atoms with Crippen LogP contribution in [0.5, 0.6) is 0 Å². The molecule has 0 atom stereocenters. The van der Waals surface area contributed by atoms with Crippen molar-refractivity contribution in [1.29, 1.82) is 0 Å². The Labute approximate surface area is 70.5 Å². The van der Waals surface area contributed by atoms with Crippen molar-refractivity contribution >= 4 is 11.9 Å². The lowest BCUT2D eigenvalue weighted by Crippen LogP contribution is -1.80. The highest BCUT2D eigenvalue weighted by Gasteiger charge is 1.94. The SMILES string of the molecule is CC(=CC=O)c1ccc(F)cc1. The molecular weight excluding hydrogens is 155 g/mol. The van der Waals surface area contributed by atoms with Crippen LogP contribution in [0.2, 0.25) is 0 Å². The van der Waals surface area contributed by atoms with Crippen molar-refractivity contribution in [2.45, 2.75) is 6.92 Å². The van der Waals surface area contributed by atoms with Crippen LogP contribution >= 0.6 is 0 Å². The van der Waals surface area contributed by atoms with E-state index in [1.807, 2.05) is 6.92 Å². The van der Waals surface area contributed by atoms with Crippen molar-refractivity contribution in [1.82, 2.24) is 0 Å². The van der Waals surface area contributed by atoms with Gasteiger partial charge in [0.25, 0.3) is 0 Å². The summed E-state index contributed by atoms with van der Waals surface area (Å²) < 4.78 is 12.4. The summed E-state index contributed by atoms with van der Waals surface area (Å²) in [7, 11) is 0. The Morgan fingerprint density at radius 2 is 1.92 bits per heavy atom. The van der Waals surface area contributed by atoms with Crippen LogP contribution in [0.1, 0.15) is 12.5 Å². The first-order valence-corrected chi connectivity index (χ1v) is 3.62. The zero-order valence-corrected chi connectivity index (χ0v) is 6.75. The van der Waals surface area contributed by atoms with Crippen LogP contribution in [0.3, 0.4) is 0 Å². The van der Waals surface area contributed by atoms with Gasteiger partial charge in [-0.3, -0.25) is 4.79 Å². The fourth-order valence-electron chi connectivity index (χ4n) is 0.911. The standard InChI is InChI=1S/C10H9FO/c1-8(6-7-12)9-2-4-10(11)5-3-9/h2-7H,1H3. The fourth-order valence-corrected chi connectivity index (χ4v) is 0.911. The summed E-state index contributed by atoms with van der Waals surface area (Å²) >= 11 is 0. The number of rotatable bonds is 2. The Hall–Kier alpha value is -1.44. The van der Waals surface area contributed by atoms with Crippen LogP contribution in [0, 0.1) is 5.82 Å². The lowest BCUT2D eigenvalue weighted by molar-refractivity contribution is -0.104. The van der Waals surface area contributed by atoms with Crippen LogP contribution in [0.4, 0.5) is 4.39 Å². The normalized spacial score (nSPS) is 11.3. The predicted molar refractivity (Wildman–Crippen MR) is 46.1 cm³/mol. The predicted octanol–water partition coefficient (Wildman–Crippen LogP) is 2.43. The molecule has 1 rings (SSSR count). The first kappa shape index (κ1) is 8.65. The molecule has 2 heteroatoms. The minimum Gasteiger partial charge on any atom is -0.299 e. The molecule has 1 nitrogen and oxygen atoms in total. The van der Waals surface area contributed by atoms with Crippen LogP contribution in [0.15, 0.2) is 30.3 Å². The van der Waals surface area contributed by atoms with E-state index in [1.54, 1.807) is 12.1 Å². The molecule has 62 valence electrons. The van der Waals surface area contributed by atoms with Crippen LogP contribution in [-0.4, -0.2) is 6.29 Å². The number of carbonyl (C=O) groups is 1. The first-order chi connectivity index (χ1) is 5.74. The van der Waals surface area contributed by atoms with Gasteiger partial charge in [-0.2, -0.15) is 0 Å². The molecule has 0 unspecified atom stereocenters. The average Bonchev–Trinajstić information content (AvgIpc) is 2.06. The molecule has 0 bridgehead atoms. The molecule has 0 saturated heterocycles. The Balaban J connectivity index is 2.97. The maximum atomic E-state index is 12.4. The summed E-state index contributed by atoms with van der Waals surface area (Å²) in [5.41, 5.74) is 1.70. The molecule has 0 fully saturated rings. The Bertz CT molecular complexity index is 298. The molecule has 0 spiro atoms. The monoisotopic (exact) mass is 164 g/mol. The molecule has 0 aliphatic heterocycles. The van der Waals surface area contributed by atoms with Gasteiger partial charge in [0.05, 0.1) is 0 Å². The summed E-state index contributed by atoms with van der Waals surface area (Å²) in [6.45, 7) is 1.81. The first-order valence-electron chi connectivity index (χ1n) is 3.62. The summed E-state index contributed by atoms with van der Waals surface area (Å²) in [5, 5.41) is 0. The zero-order valence-electron chi connectivity index (χ0n) is 6.75. The summed E-state index contributed by atoms with van der Waals surface area (Å²) in [4.78, 5) is 10.1. The summed E-state index contributed by atoms with van der Waals surface area (Å²) in [5.74, 6) is -0.266. The summed E-state index contributed by atoms with van der Waals surface area (Å²) in [6, 6.07) is 6.03. The van der Waals surface area contributed by atoms with E-state index >= 15 is 0 Å². The van der Waals surface area contributed by atoms with Crippen molar-refractivity contribution in [2.75, 3.05) is 0 Å². The lowest BCUT2D eigenvalue weighted by atomic mass is 10.1. The third-order valence-corrected chi connectivity index (χ3v) is 1.62. The van der Waals surface area contributed by atoms with E-state index in [-0.39, 0.29) is 5.82 Å². The van der Waals surface area contributed by atoms with Crippen LogP contribution < -0.4 is 0 Å². The van der Waals surface area contributed by atoms with Gasteiger partial charge >= 0.3 is 0 Å². The molecule has 0 amide bonds. The fraction of sp³-hybridized carbons (Fsp3) is 0.100. The number of benzene rings is 1. The van der Waals surface area contributed by atoms with E-state index in [9.17, 15) is 9.18 Å². The number of hydrogen-bond acceptors (Lipinski definition) is 1. The van der Waals surface area contributed by atoms with Crippen molar-refractivity contribution < 1.29 is 9.18 Å². The van der Waals surface area contributed by atoms with Gasteiger partial charge in [-0.25, -0.2) is 4.39 Å². The van der Waals surface area contributed by atoms with Gasteiger partial charge in [-0.05, 0) is 36.3 Å². The van der Waals surface area contributed by atoms with Crippen molar-refractivity contribution in [3.63, 3.8) is 0 Å². The van der Waals surface area contributed by atoms with Crippen molar-refractivity contribution in [3.8, 4) is 0 Å². The highest BCUT2D eigenvalue weighted by atomic mass is 19.1. The van der Waals surface area contributed by atoms with Gasteiger partial charge in [0.15, 0.2) is 0 Å². The van der Waals surface area contributed by atoms with Gasteiger partial charge in [-0.1, -0.05) is 12.1 Å². The van der Waals surface area contributed by atoms with Gasteiger partial charge in [0, 0.05) is 0 Å². The minimum absolute atomic E-state index is 0.266. The molecular formula is C10H9FO. The smallest absolute Gasteiger partial charge is 0.143 e. The second kappa shape index (κ2) is 3.81. The van der Waals surface area contributed by atoms with Crippen LogP contribution in [0.25, 0.3) is 5.57 Å². The maximum Gasteiger partial charge on any atom is 0.143 e. The van der Waals surface area contributed by atoms with Crippen molar-refractivity contribution in [3.05, 3.63) is 41.7 Å². The molecule has 0 saturated carbocycles. The van der Waals surface area contributed by atoms with E-state index in [0.29, 0.717) is 0 Å². The van der Waals surface area contributed by atoms with E-state index < -0.39 is 0 Å². The van der Waals surface area contributed by atoms with E-state index in [1.165, 1.54) is 18.2 Å². The zero-order chi connectivity index (χ0) is 8.97. The Kier molecular flexibility index (Phi) is 2.75. The largest absolute Gasteiger partial charge is 0.299 e. The molecule has 0 aromatic heterocycles. The molecule has 0 heterocycles. The van der Waals surface area contributed by atoms with Gasteiger partial charge in [0.2, 0.25) is 0 Å². The quantitative estimate of drug-likeness (QED) is 0.484. The molecule has 0 aliphatic rings. The van der Waals surface area contributed by atoms with Gasteiger partial charge < -0.3 is 0 Å². The van der Waals surface area contributed by atoms with Gasteiger partial charge in [-0.15, -0.1) is 0 Å². The molecule has 1 aromatic carbocycles. The van der Waals surface area contributed by atoms with Crippen LogP contribution in [-0.2, 0) is 4.79 Å². The highest BCUT2D eigenvalue weighted by Crippen LogP contribution is 2.12. The lowest BCUT2D eigenvalue weighted by Gasteiger charge is -1.98. The van der Waals surface area contributed by atoms with E-state index in [0.717, 1.165) is 17.4 Å². The molecule has 0 radical (unpaired) electrons. The topological polar surface area (TPSA) is 17.1 Å². The van der Waals surface area contributed by atoms with Gasteiger partial charge in [0.1, 0.15) is 12.1 Å². The summed E-state index contributed by atoms with van der Waals surface area (Å²) in [6.07, 6.45) is 2.17. The number of hydrogen-bond donors (Lipinski definition) is 0. The maximum absolute atomic E-state index is 12.4. The molecule has 0 aliphatic carbocycles.